The van der Waals surface area contributed by atoms with Gasteiger partial charge in [-0.2, -0.15) is 0 Å². The number of thiazole rings is 1. The molecule has 1 aliphatic rings. The van der Waals surface area contributed by atoms with Crippen molar-refractivity contribution in [2.45, 2.75) is 39.7 Å². The molecule has 5 heteroatoms. The van der Waals surface area contributed by atoms with Crippen molar-refractivity contribution in [1.82, 2.24) is 9.88 Å². The van der Waals surface area contributed by atoms with Gasteiger partial charge in [-0.25, -0.2) is 4.98 Å². The second kappa shape index (κ2) is 5.36. The smallest absolute Gasteiger partial charge is 0.266 e. The summed E-state index contributed by atoms with van der Waals surface area (Å²) in [5.41, 5.74) is 6.57. The molecule has 100 valence electrons. The fourth-order valence-corrected chi connectivity index (χ4v) is 3.49. The normalized spacial score (nSPS) is 23.7. The Morgan fingerprint density at radius 1 is 1.61 bits per heavy atom. The average Bonchev–Trinajstić information content (AvgIpc) is 2.91. The number of likely N-dealkylation sites (tertiary alicyclic amines) is 1. The van der Waals surface area contributed by atoms with E-state index >= 15 is 0 Å². The molecule has 2 atom stereocenters. The molecule has 2 heterocycles. The summed E-state index contributed by atoms with van der Waals surface area (Å²) in [4.78, 5) is 19.7. The van der Waals surface area contributed by atoms with Gasteiger partial charge in [0.2, 0.25) is 0 Å². The number of nitrogens with two attached hydrogens (primary N) is 1. The van der Waals surface area contributed by atoms with Gasteiger partial charge in [-0.15, -0.1) is 11.3 Å². The van der Waals surface area contributed by atoms with Crippen LogP contribution in [0.1, 0.15) is 40.6 Å². The molecule has 1 aromatic rings. The van der Waals surface area contributed by atoms with Gasteiger partial charge >= 0.3 is 0 Å². The van der Waals surface area contributed by atoms with E-state index < -0.39 is 0 Å². The van der Waals surface area contributed by atoms with Crippen LogP contribution in [0.4, 0.5) is 0 Å². The van der Waals surface area contributed by atoms with Crippen LogP contribution in [0.2, 0.25) is 0 Å². The molecule has 0 aliphatic carbocycles. The predicted octanol–water partition coefficient (Wildman–Crippen LogP) is 1.82. The van der Waals surface area contributed by atoms with Gasteiger partial charge in [0.1, 0.15) is 4.88 Å². The number of carbonyl (C=O) groups is 1. The molecule has 0 saturated carbocycles. The number of rotatable bonds is 3. The molecule has 0 spiro atoms. The van der Waals surface area contributed by atoms with Gasteiger partial charge in [0.05, 0.1) is 10.7 Å². The lowest BCUT2D eigenvalue weighted by Crippen LogP contribution is -2.34. The van der Waals surface area contributed by atoms with Crippen molar-refractivity contribution >= 4 is 17.2 Å². The van der Waals surface area contributed by atoms with E-state index in [0.29, 0.717) is 12.5 Å². The van der Waals surface area contributed by atoms with E-state index in [-0.39, 0.29) is 11.9 Å². The molecular formula is C13H21N3OS. The first-order chi connectivity index (χ1) is 8.56. The van der Waals surface area contributed by atoms with Crippen LogP contribution < -0.4 is 5.73 Å². The zero-order valence-electron chi connectivity index (χ0n) is 11.3. The minimum atomic E-state index is 0.133. The summed E-state index contributed by atoms with van der Waals surface area (Å²) in [6, 6.07) is 0.289. The summed E-state index contributed by atoms with van der Waals surface area (Å²) in [5.74, 6) is 0.580. The molecule has 1 amide bonds. The van der Waals surface area contributed by atoms with Crippen molar-refractivity contribution in [1.29, 1.82) is 0 Å². The molecule has 1 saturated heterocycles. The molecule has 1 fully saturated rings. The Balaban J connectivity index is 2.18. The first-order valence-electron chi connectivity index (χ1n) is 6.54. The van der Waals surface area contributed by atoms with E-state index in [9.17, 15) is 4.79 Å². The first kappa shape index (κ1) is 13.5. The molecular weight excluding hydrogens is 246 g/mol. The van der Waals surface area contributed by atoms with Gasteiger partial charge in [0.25, 0.3) is 5.91 Å². The molecule has 4 nitrogen and oxygen atoms in total. The highest BCUT2D eigenvalue weighted by Gasteiger charge is 2.33. The number of nitrogens with zero attached hydrogens (tertiary/aromatic N) is 2. The number of hydrogen-bond donors (Lipinski definition) is 1. The van der Waals surface area contributed by atoms with Gasteiger partial charge < -0.3 is 10.6 Å². The van der Waals surface area contributed by atoms with Crippen LogP contribution in [0.25, 0.3) is 0 Å². The molecule has 0 bridgehead atoms. The van der Waals surface area contributed by atoms with E-state index in [1.54, 1.807) is 0 Å². The third-order valence-electron chi connectivity index (χ3n) is 3.59. The lowest BCUT2D eigenvalue weighted by Gasteiger charge is -2.20. The van der Waals surface area contributed by atoms with Gasteiger partial charge in [0.15, 0.2) is 0 Å². The number of hydrogen-bond acceptors (Lipinski definition) is 4. The van der Waals surface area contributed by atoms with Crippen molar-refractivity contribution < 1.29 is 4.79 Å². The summed E-state index contributed by atoms with van der Waals surface area (Å²) >= 11 is 1.53. The quantitative estimate of drug-likeness (QED) is 0.909. The van der Waals surface area contributed by atoms with Crippen LogP contribution in [-0.4, -0.2) is 34.9 Å². The zero-order valence-corrected chi connectivity index (χ0v) is 12.1. The highest BCUT2D eigenvalue weighted by molar-refractivity contribution is 7.13. The number of aromatic nitrogens is 1. The van der Waals surface area contributed by atoms with Crippen LogP contribution in [-0.2, 0) is 6.42 Å². The Morgan fingerprint density at radius 2 is 2.33 bits per heavy atom. The van der Waals surface area contributed by atoms with Crippen LogP contribution in [0.15, 0.2) is 0 Å². The predicted molar refractivity (Wildman–Crippen MR) is 73.9 cm³/mol. The number of aryl methyl sites for hydroxylation is 2. The lowest BCUT2D eigenvalue weighted by atomic mass is 10.1. The summed E-state index contributed by atoms with van der Waals surface area (Å²) in [6.07, 6.45) is 1.90. The summed E-state index contributed by atoms with van der Waals surface area (Å²) in [7, 11) is 0. The molecule has 2 rings (SSSR count). The standard InChI is InChI=1S/C13H21N3OS/c1-4-11-15-9(3)12(18-11)13(17)16-7-10(6-14)5-8(16)2/h8,10H,4-7,14H2,1-3H3. The third kappa shape index (κ3) is 2.42. The van der Waals surface area contributed by atoms with E-state index in [1.807, 2.05) is 11.8 Å². The van der Waals surface area contributed by atoms with Gasteiger partial charge in [-0.05, 0) is 39.2 Å². The molecule has 0 radical (unpaired) electrons. The van der Waals surface area contributed by atoms with E-state index in [2.05, 4.69) is 18.8 Å². The molecule has 1 aromatic heterocycles. The monoisotopic (exact) mass is 267 g/mol. The Labute approximate surface area is 112 Å². The maximum absolute atomic E-state index is 12.5. The van der Waals surface area contributed by atoms with E-state index in [1.165, 1.54) is 11.3 Å². The molecule has 0 aromatic carbocycles. The van der Waals surface area contributed by atoms with Crippen molar-refractivity contribution in [2.24, 2.45) is 11.7 Å². The fourth-order valence-electron chi connectivity index (χ4n) is 2.53. The second-order valence-corrected chi connectivity index (χ2v) is 6.10. The topological polar surface area (TPSA) is 59.2 Å². The first-order valence-corrected chi connectivity index (χ1v) is 7.35. The zero-order chi connectivity index (χ0) is 13.3. The van der Waals surface area contributed by atoms with E-state index in [0.717, 1.165) is 35.0 Å². The minimum Gasteiger partial charge on any atom is -0.335 e. The van der Waals surface area contributed by atoms with Crippen molar-refractivity contribution in [3.63, 3.8) is 0 Å². The Morgan fingerprint density at radius 3 is 2.83 bits per heavy atom. The molecule has 2 unspecified atom stereocenters. The molecule has 18 heavy (non-hydrogen) atoms. The minimum absolute atomic E-state index is 0.133. The summed E-state index contributed by atoms with van der Waals surface area (Å²) in [5, 5.41) is 1.04. The van der Waals surface area contributed by atoms with Gasteiger partial charge in [-0.1, -0.05) is 6.92 Å². The lowest BCUT2D eigenvalue weighted by molar-refractivity contribution is 0.0747. The average molecular weight is 267 g/mol. The SMILES string of the molecule is CCc1nc(C)c(C(=O)N2CC(CN)CC2C)s1. The maximum Gasteiger partial charge on any atom is 0.266 e. The Kier molecular flexibility index (Phi) is 4.02. The summed E-state index contributed by atoms with van der Waals surface area (Å²) in [6.45, 7) is 7.54. The van der Waals surface area contributed by atoms with Gasteiger partial charge in [-0.3, -0.25) is 4.79 Å². The van der Waals surface area contributed by atoms with Crippen LogP contribution in [0.3, 0.4) is 0 Å². The summed E-state index contributed by atoms with van der Waals surface area (Å²) < 4.78 is 0. The van der Waals surface area contributed by atoms with Crippen LogP contribution >= 0.6 is 11.3 Å². The highest BCUT2D eigenvalue weighted by atomic mass is 32.1. The number of carbonyl (C=O) groups excluding carboxylic acids is 1. The number of amides is 1. The Hall–Kier alpha value is -0.940. The van der Waals surface area contributed by atoms with Crippen LogP contribution in [0.5, 0.6) is 0 Å². The fraction of sp³-hybridized carbons (Fsp3) is 0.692. The van der Waals surface area contributed by atoms with Crippen molar-refractivity contribution in [3.05, 3.63) is 15.6 Å². The van der Waals surface area contributed by atoms with E-state index in [4.69, 9.17) is 5.73 Å². The van der Waals surface area contributed by atoms with Crippen molar-refractivity contribution in [2.75, 3.05) is 13.1 Å². The second-order valence-electron chi connectivity index (χ2n) is 5.02. The van der Waals surface area contributed by atoms with Crippen molar-refractivity contribution in [3.8, 4) is 0 Å². The largest absolute Gasteiger partial charge is 0.335 e. The molecule has 2 N–H and O–H groups in total. The molecule has 1 aliphatic heterocycles. The van der Waals surface area contributed by atoms with Gasteiger partial charge in [0, 0.05) is 12.6 Å². The maximum atomic E-state index is 12.5. The Bertz CT molecular complexity index is 443. The third-order valence-corrected chi connectivity index (χ3v) is 4.88. The van der Waals surface area contributed by atoms with Crippen LogP contribution in [0, 0.1) is 12.8 Å². The highest BCUT2D eigenvalue weighted by Crippen LogP contribution is 2.27.